The second-order valence-corrected chi connectivity index (χ2v) is 5.90. The third-order valence-electron chi connectivity index (χ3n) is 4.01. The Morgan fingerprint density at radius 3 is 2.45 bits per heavy atom. The first-order valence-corrected chi connectivity index (χ1v) is 7.95. The average molecular weight is 303 g/mol. The minimum atomic E-state index is 0.151. The molecule has 2 rings (SSSR count). The van der Waals surface area contributed by atoms with E-state index in [1.807, 2.05) is 36.1 Å². The van der Waals surface area contributed by atoms with Crippen LogP contribution in [0, 0.1) is 5.92 Å². The molecule has 1 atom stereocenters. The van der Waals surface area contributed by atoms with Gasteiger partial charge in [-0.25, -0.2) is 0 Å². The Kier molecular flexibility index (Phi) is 5.87. The van der Waals surface area contributed by atoms with Gasteiger partial charge in [-0.05, 0) is 36.6 Å². The number of nitrogens with zero attached hydrogens (tertiary/aromatic N) is 1. The predicted octanol–water partition coefficient (Wildman–Crippen LogP) is 4.44. The van der Waals surface area contributed by atoms with Crippen LogP contribution in [0.3, 0.4) is 0 Å². The third kappa shape index (κ3) is 4.26. The standard InChI is InChI=1S/C18H25NO3/c1-4-18(20)19(13-15-7-5-11-21-15)10-9-16(14(2)3)17-8-6-12-22-17/h5-8,11-12,14,16H,4,9-10,13H2,1-3H3/t16-/m0/s1. The third-order valence-corrected chi connectivity index (χ3v) is 4.01. The van der Waals surface area contributed by atoms with Crippen LogP contribution in [-0.4, -0.2) is 17.4 Å². The molecule has 0 bridgehead atoms. The molecule has 0 radical (unpaired) electrons. The van der Waals surface area contributed by atoms with Crippen LogP contribution < -0.4 is 0 Å². The molecule has 0 aromatic carbocycles. The van der Waals surface area contributed by atoms with E-state index in [2.05, 4.69) is 13.8 Å². The van der Waals surface area contributed by atoms with Crippen molar-refractivity contribution < 1.29 is 13.6 Å². The lowest BCUT2D eigenvalue weighted by Crippen LogP contribution is -2.32. The number of carbonyl (C=O) groups is 1. The first-order chi connectivity index (χ1) is 10.6. The largest absolute Gasteiger partial charge is 0.469 e. The molecule has 2 aromatic rings. The van der Waals surface area contributed by atoms with Crippen molar-refractivity contribution in [3.8, 4) is 0 Å². The summed E-state index contributed by atoms with van der Waals surface area (Å²) in [6.07, 6.45) is 4.75. The van der Waals surface area contributed by atoms with Crippen LogP contribution in [-0.2, 0) is 11.3 Å². The predicted molar refractivity (Wildman–Crippen MR) is 85.3 cm³/mol. The van der Waals surface area contributed by atoms with E-state index in [9.17, 15) is 4.79 Å². The van der Waals surface area contributed by atoms with Crippen LogP contribution in [0.1, 0.15) is 51.1 Å². The van der Waals surface area contributed by atoms with Gasteiger partial charge in [0.05, 0.1) is 19.1 Å². The SMILES string of the molecule is CCC(=O)N(CC[C@H](c1ccco1)C(C)C)Cc1ccco1. The molecule has 0 aliphatic rings. The van der Waals surface area contributed by atoms with Gasteiger partial charge in [0.2, 0.25) is 5.91 Å². The van der Waals surface area contributed by atoms with Gasteiger partial charge in [0, 0.05) is 18.9 Å². The highest BCUT2D eigenvalue weighted by Crippen LogP contribution is 2.28. The monoisotopic (exact) mass is 303 g/mol. The molecule has 2 aromatic heterocycles. The summed E-state index contributed by atoms with van der Waals surface area (Å²) >= 11 is 0. The zero-order chi connectivity index (χ0) is 15.9. The summed E-state index contributed by atoms with van der Waals surface area (Å²) < 4.78 is 10.9. The van der Waals surface area contributed by atoms with Gasteiger partial charge < -0.3 is 13.7 Å². The highest BCUT2D eigenvalue weighted by Gasteiger charge is 2.21. The second kappa shape index (κ2) is 7.87. The first-order valence-electron chi connectivity index (χ1n) is 7.95. The first kappa shape index (κ1) is 16.4. The normalized spacial score (nSPS) is 12.5. The Balaban J connectivity index is 2.01. The maximum absolute atomic E-state index is 12.2. The van der Waals surface area contributed by atoms with E-state index in [0.717, 1.165) is 17.9 Å². The zero-order valence-electron chi connectivity index (χ0n) is 13.6. The lowest BCUT2D eigenvalue weighted by molar-refractivity contribution is -0.131. The quantitative estimate of drug-likeness (QED) is 0.724. The van der Waals surface area contributed by atoms with Gasteiger partial charge in [-0.3, -0.25) is 4.79 Å². The highest BCUT2D eigenvalue weighted by atomic mass is 16.3. The van der Waals surface area contributed by atoms with Gasteiger partial charge >= 0.3 is 0 Å². The molecule has 1 amide bonds. The van der Waals surface area contributed by atoms with Gasteiger partial charge in [0.15, 0.2) is 0 Å². The Labute approximate surface area is 132 Å². The number of hydrogen-bond donors (Lipinski definition) is 0. The lowest BCUT2D eigenvalue weighted by atomic mass is 9.90. The van der Waals surface area contributed by atoms with E-state index in [1.165, 1.54) is 0 Å². The Morgan fingerprint density at radius 2 is 1.91 bits per heavy atom. The van der Waals surface area contributed by atoms with Crippen molar-refractivity contribution in [2.75, 3.05) is 6.54 Å². The summed E-state index contributed by atoms with van der Waals surface area (Å²) in [7, 11) is 0. The fraction of sp³-hybridized carbons (Fsp3) is 0.500. The van der Waals surface area contributed by atoms with Gasteiger partial charge in [0.1, 0.15) is 11.5 Å². The maximum Gasteiger partial charge on any atom is 0.222 e. The number of amides is 1. The highest BCUT2D eigenvalue weighted by molar-refractivity contribution is 5.75. The zero-order valence-corrected chi connectivity index (χ0v) is 13.6. The Hall–Kier alpha value is -1.97. The summed E-state index contributed by atoms with van der Waals surface area (Å²) in [4.78, 5) is 14.0. The molecule has 0 spiro atoms. The summed E-state index contributed by atoms with van der Waals surface area (Å²) in [6.45, 7) is 7.50. The lowest BCUT2D eigenvalue weighted by Gasteiger charge is -2.25. The molecule has 0 fully saturated rings. The van der Waals surface area contributed by atoms with Crippen molar-refractivity contribution in [2.24, 2.45) is 5.92 Å². The smallest absolute Gasteiger partial charge is 0.222 e. The molecule has 0 aliphatic carbocycles. The minimum absolute atomic E-state index is 0.151. The summed E-state index contributed by atoms with van der Waals surface area (Å²) in [6, 6.07) is 7.69. The average Bonchev–Trinajstić information content (AvgIpc) is 3.18. The van der Waals surface area contributed by atoms with E-state index < -0.39 is 0 Å². The van der Waals surface area contributed by atoms with Gasteiger partial charge in [0.25, 0.3) is 0 Å². The van der Waals surface area contributed by atoms with E-state index in [0.29, 0.717) is 31.3 Å². The second-order valence-electron chi connectivity index (χ2n) is 5.90. The van der Waals surface area contributed by atoms with Crippen LogP contribution in [0.15, 0.2) is 45.6 Å². The van der Waals surface area contributed by atoms with Gasteiger partial charge in [-0.1, -0.05) is 20.8 Å². The molecule has 2 heterocycles. The molecular weight excluding hydrogens is 278 g/mol. The number of carbonyl (C=O) groups excluding carboxylic acids is 1. The maximum atomic E-state index is 12.2. The topological polar surface area (TPSA) is 46.6 Å². The molecule has 0 N–H and O–H groups in total. The van der Waals surface area contributed by atoms with E-state index >= 15 is 0 Å². The van der Waals surface area contributed by atoms with Gasteiger partial charge in [-0.2, -0.15) is 0 Å². The minimum Gasteiger partial charge on any atom is -0.469 e. The molecule has 4 nitrogen and oxygen atoms in total. The van der Waals surface area contributed by atoms with Crippen molar-refractivity contribution in [1.82, 2.24) is 4.90 Å². The molecule has 0 unspecified atom stereocenters. The van der Waals surface area contributed by atoms with E-state index in [-0.39, 0.29) is 5.91 Å². The number of rotatable bonds is 8. The van der Waals surface area contributed by atoms with Crippen LogP contribution in [0.4, 0.5) is 0 Å². The van der Waals surface area contributed by atoms with Crippen molar-refractivity contribution in [3.63, 3.8) is 0 Å². The summed E-state index contributed by atoms with van der Waals surface area (Å²) in [5, 5.41) is 0. The van der Waals surface area contributed by atoms with Crippen molar-refractivity contribution >= 4 is 5.91 Å². The molecule has 0 aliphatic heterocycles. The van der Waals surface area contributed by atoms with Crippen molar-refractivity contribution in [2.45, 2.75) is 46.1 Å². The summed E-state index contributed by atoms with van der Waals surface area (Å²) in [5.74, 6) is 2.75. The van der Waals surface area contributed by atoms with Crippen LogP contribution in [0.2, 0.25) is 0 Å². The fourth-order valence-corrected chi connectivity index (χ4v) is 2.71. The number of furan rings is 2. The van der Waals surface area contributed by atoms with Crippen LogP contribution in [0.5, 0.6) is 0 Å². The fourth-order valence-electron chi connectivity index (χ4n) is 2.71. The molecule has 0 saturated heterocycles. The molecular formula is C18H25NO3. The van der Waals surface area contributed by atoms with Crippen LogP contribution in [0.25, 0.3) is 0 Å². The molecule has 22 heavy (non-hydrogen) atoms. The molecule has 0 saturated carbocycles. The molecule has 120 valence electrons. The van der Waals surface area contributed by atoms with E-state index in [4.69, 9.17) is 8.83 Å². The number of hydrogen-bond acceptors (Lipinski definition) is 3. The summed E-state index contributed by atoms with van der Waals surface area (Å²) in [5.41, 5.74) is 0. The molecule has 4 heteroatoms. The Morgan fingerprint density at radius 1 is 1.18 bits per heavy atom. The van der Waals surface area contributed by atoms with Crippen molar-refractivity contribution in [1.29, 1.82) is 0 Å². The van der Waals surface area contributed by atoms with Gasteiger partial charge in [-0.15, -0.1) is 0 Å². The van der Waals surface area contributed by atoms with E-state index in [1.54, 1.807) is 12.5 Å². The van der Waals surface area contributed by atoms with Crippen LogP contribution >= 0.6 is 0 Å². The Bertz CT molecular complexity index is 543. The van der Waals surface area contributed by atoms with Crippen molar-refractivity contribution in [3.05, 3.63) is 48.3 Å².